The number of ketones is 1. The van der Waals surface area contributed by atoms with Crippen molar-refractivity contribution < 1.29 is 4.79 Å². The molecule has 0 radical (unpaired) electrons. The number of carbonyl (C=O) groups excluding carboxylic acids is 1. The highest BCUT2D eigenvalue weighted by atomic mass is 35.5. The van der Waals surface area contributed by atoms with Crippen molar-refractivity contribution in [3.63, 3.8) is 0 Å². The maximum atomic E-state index is 12.7. The molecule has 1 nitrogen and oxygen atoms in total. The standard InChI is InChI=1S/C18H16Cl2O/c19-16-10-4-7-13(18(16)20)11-17(21)15-9-3-6-12-5-1-2-8-14(12)15/h1-2,4-5,7-8,10,15H,3,6,9,11H2. The average Bonchev–Trinajstić information content (AvgIpc) is 2.51. The van der Waals surface area contributed by atoms with Crippen LogP contribution in [0.4, 0.5) is 0 Å². The van der Waals surface area contributed by atoms with Crippen LogP contribution in [0.15, 0.2) is 42.5 Å². The van der Waals surface area contributed by atoms with Gasteiger partial charge in [-0.3, -0.25) is 4.79 Å². The summed E-state index contributed by atoms with van der Waals surface area (Å²) in [6.07, 6.45) is 3.40. The fourth-order valence-electron chi connectivity index (χ4n) is 3.08. The summed E-state index contributed by atoms with van der Waals surface area (Å²) in [5, 5.41) is 1.00. The quantitative estimate of drug-likeness (QED) is 0.757. The third-order valence-electron chi connectivity index (χ3n) is 4.15. The van der Waals surface area contributed by atoms with E-state index in [0.717, 1.165) is 24.8 Å². The Bertz CT molecular complexity index is 679. The van der Waals surface area contributed by atoms with Gasteiger partial charge in [0.05, 0.1) is 10.0 Å². The Kier molecular flexibility index (Phi) is 4.32. The van der Waals surface area contributed by atoms with Crippen LogP contribution in [-0.2, 0) is 17.6 Å². The van der Waals surface area contributed by atoms with Gasteiger partial charge in [0.2, 0.25) is 0 Å². The molecule has 2 aromatic rings. The Labute approximate surface area is 134 Å². The zero-order chi connectivity index (χ0) is 14.8. The van der Waals surface area contributed by atoms with Crippen molar-refractivity contribution in [1.29, 1.82) is 0 Å². The van der Waals surface area contributed by atoms with Crippen molar-refractivity contribution in [3.05, 3.63) is 69.2 Å². The summed E-state index contributed by atoms with van der Waals surface area (Å²) in [6.45, 7) is 0. The summed E-state index contributed by atoms with van der Waals surface area (Å²) in [6, 6.07) is 13.7. The lowest BCUT2D eigenvalue weighted by molar-refractivity contribution is -0.120. The summed E-state index contributed by atoms with van der Waals surface area (Å²) in [5.41, 5.74) is 3.31. The average molecular weight is 319 g/mol. The molecule has 0 N–H and O–H groups in total. The van der Waals surface area contributed by atoms with E-state index in [9.17, 15) is 4.79 Å². The predicted octanol–water partition coefficient (Wildman–Crippen LogP) is 5.23. The second kappa shape index (κ2) is 6.21. The van der Waals surface area contributed by atoms with Crippen LogP contribution in [-0.4, -0.2) is 5.78 Å². The molecule has 0 aliphatic heterocycles. The predicted molar refractivity (Wildman–Crippen MR) is 87.3 cm³/mol. The van der Waals surface area contributed by atoms with Crippen molar-refractivity contribution in [2.45, 2.75) is 31.6 Å². The van der Waals surface area contributed by atoms with Crippen LogP contribution in [0, 0.1) is 0 Å². The lowest BCUT2D eigenvalue weighted by atomic mass is 9.79. The highest BCUT2D eigenvalue weighted by molar-refractivity contribution is 6.42. The van der Waals surface area contributed by atoms with Gasteiger partial charge < -0.3 is 0 Å². The largest absolute Gasteiger partial charge is 0.299 e. The van der Waals surface area contributed by atoms with Crippen LogP contribution < -0.4 is 0 Å². The number of fused-ring (bicyclic) bond motifs is 1. The van der Waals surface area contributed by atoms with Gasteiger partial charge in [-0.1, -0.05) is 59.6 Å². The Morgan fingerprint density at radius 1 is 1.10 bits per heavy atom. The third kappa shape index (κ3) is 3.00. The maximum Gasteiger partial charge on any atom is 0.144 e. The minimum Gasteiger partial charge on any atom is -0.299 e. The topological polar surface area (TPSA) is 17.1 Å². The van der Waals surface area contributed by atoms with E-state index >= 15 is 0 Å². The van der Waals surface area contributed by atoms with E-state index in [0.29, 0.717) is 16.5 Å². The zero-order valence-corrected chi connectivity index (χ0v) is 13.1. The second-order valence-electron chi connectivity index (χ2n) is 5.50. The number of benzene rings is 2. The molecule has 0 fully saturated rings. The first-order chi connectivity index (χ1) is 10.2. The number of halogens is 2. The van der Waals surface area contributed by atoms with Gasteiger partial charge in [-0.25, -0.2) is 0 Å². The monoisotopic (exact) mass is 318 g/mol. The fourth-order valence-corrected chi connectivity index (χ4v) is 3.47. The fraction of sp³-hybridized carbons (Fsp3) is 0.278. The highest BCUT2D eigenvalue weighted by Crippen LogP contribution is 2.34. The van der Waals surface area contributed by atoms with Crippen LogP contribution >= 0.6 is 23.2 Å². The Morgan fingerprint density at radius 3 is 2.76 bits per heavy atom. The van der Waals surface area contributed by atoms with E-state index in [2.05, 4.69) is 12.1 Å². The number of carbonyl (C=O) groups is 1. The van der Waals surface area contributed by atoms with Gasteiger partial charge in [0.15, 0.2) is 0 Å². The number of Topliss-reactive ketones (excluding diaryl/α,β-unsaturated/α-hetero) is 1. The van der Waals surface area contributed by atoms with Gasteiger partial charge >= 0.3 is 0 Å². The van der Waals surface area contributed by atoms with E-state index in [1.54, 1.807) is 6.07 Å². The molecule has 1 atom stereocenters. The molecule has 0 amide bonds. The molecular weight excluding hydrogens is 303 g/mol. The van der Waals surface area contributed by atoms with Gasteiger partial charge in [0.1, 0.15) is 5.78 Å². The minimum absolute atomic E-state index is 0.00926. The zero-order valence-electron chi connectivity index (χ0n) is 11.6. The van der Waals surface area contributed by atoms with E-state index in [4.69, 9.17) is 23.2 Å². The molecule has 2 aromatic carbocycles. The SMILES string of the molecule is O=C(Cc1cccc(Cl)c1Cl)C1CCCc2ccccc21. The molecular formula is C18H16Cl2O. The first-order valence-electron chi connectivity index (χ1n) is 7.20. The molecule has 1 unspecified atom stereocenters. The van der Waals surface area contributed by atoms with Crippen LogP contribution in [0.3, 0.4) is 0 Å². The molecule has 0 bridgehead atoms. The van der Waals surface area contributed by atoms with Crippen LogP contribution in [0.1, 0.15) is 35.4 Å². The Hall–Kier alpha value is -1.31. The maximum absolute atomic E-state index is 12.7. The van der Waals surface area contributed by atoms with Crippen LogP contribution in [0.5, 0.6) is 0 Å². The minimum atomic E-state index is -0.00926. The molecule has 1 aliphatic rings. The molecule has 0 saturated heterocycles. The number of aryl methyl sites for hydroxylation is 1. The molecule has 3 rings (SSSR count). The van der Waals surface area contributed by atoms with Crippen molar-refractivity contribution in [3.8, 4) is 0 Å². The summed E-state index contributed by atoms with van der Waals surface area (Å²) >= 11 is 12.2. The first kappa shape index (κ1) is 14.6. The molecule has 0 saturated carbocycles. The van der Waals surface area contributed by atoms with Crippen LogP contribution in [0.25, 0.3) is 0 Å². The molecule has 0 heterocycles. The Morgan fingerprint density at radius 2 is 1.90 bits per heavy atom. The molecule has 0 spiro atoms. The summed E-state index contributed by atoms with van der Waals surface area (Å²) in [7, 11) is 0. The molecule has 108 valence electrons. The highest BCUT2D eigenvalue weighted by Gasteiger charge is 2.26. The van der Waals surface area contributed by atoms with E-state index in [1.807, 2.05) is 24.3 Å². The molecule has 21 heavy (non-hydrogen) atoms. The molecule has 1 aliphatic carbocycles. The lowest BCUT2D eigenvalue weighted by Gasteiger charge is -2.24. The number of rotatable bonds is 3. The first-order valence-corrected chi connectivity index (χ1v) is 7.96. The smallest absolute Gasteiger partial charge is 0.144 e. The van der Waals surface area contributed by atoms with Crippen LogP contribution in [0.2, 0.25) is 10.0 Å². The van der Waals surface area contributed by atoms with Gasteiger partial charge in [-0.15, -0.1) is 0 Å². The van der Waals surface area contributed by atoms with Crippen molar-refractivity contribution >= 4 is 29.0 Å². The summed E-state index contributed by atoms with van der Waals surface area (Å²) in [5.74, 6) is 0.219. The van der Waals surface area contributed by atoms with Gasteiger partial charge in [0.25, 0.3) is 0 Å². The van der Waals surface area contributed by atoms with Crippen molar-refractivity contribution in [2.24, 2.45) is 0 Å². The number of hydrogen-bond acceptors (Lipinski definition) is 1. The normalized spacial score (nSPS) is 17.3. The number of hydrogen-bond donors (Lipinski definition) is 0. The summed E-state index contributed by atoms with van der Waals surface area (Å²) in [4.78, 5) is 12.7. The van der Waals surface area contributed by atoms with Gasteiger partial charge in [-0.2, -0.15) is 0 Å². The van der Waals surface area contributed by atoms with E-state index < -0.39 is 0 Å². The van der Waals surface area contributed by atoms with Crippen molar-refractivity contribution in [1.82, 2.24) is 0 Å². The molecule has 3 heteroatoms. The van der Waals surface area contributed by atoms with E-state index in [-0.39, 0.29) is 11.7 Å². The van der Waals surface area contributed by atoms with Gasteiger partial charge in [0, 0.05) is 12.3 Å². The Balaban J connectivity index is 1.85. The van der Waals surface area contributed by atoms with Crippen molar-refractivity contribution in [2.75, 3.05) is 0 Å². The van der Waals surface area contributed by atoms with E-state index in [1.165, 1.54) is 11.1 Å². The third-order valence-corrected chi connectivity index (χ3v) is 5.01. The molecule has 0 aromatic heterocycles. The van der Waals surface area contributed by atoms with Gasteiger partial charge in [-0.05, 0) is 42.0 Å². The summed E-state index contributed by atoms with van der Waals surface area (Å²) < 4.78 is 0. The lowest BCUT2D eigenvalue weighted by Crippen LogP contribution is -2.20. The second-order valence-corrected chi connectivity index (χ2v) is 6.28.